The van der Waals surface area contributed by atoms with E-state index in [0.29, 0.717) is 22.5 Å². The van der Waals surface area contributed by atoms with Crippen LogP contribution in [0.3, 0.4) is 0 Å². The van der Waals surface area contributed by atoms with Crippen molar-refractivity contribution in [2.75, 3.05) is 12.0 Å². The number of esters is 1. The fraction of sp³-hybridized carbons (Fsp3) is 0.375. The van der Waals surface area contributed by atoms with E-state index >= 15 is 0 Å². The average Bonchev–Trinajstić information content (AvgIpc) is 2.66. The molecule has 0 atom stereocenters. The Morgan fingerprint density at radius 2 is 1.17 bits per heavy atom. The molecule has 0 unspecified atom stereocenters. The molecule has 160 valence electrons. The summed E-state index contributed by atoms with van der Waals surface area (Å²) in [7, 11) is 1.29. The van der Waals surface area contributed by atoms with Crippen LogP contribution in [0.4, 0.5) is 16.2 Å². The van der Waals surface area contributed by atoms with Gasteiger partial charge in [-0.05, 0) is 69.3 Å². The number of rotatable bonds is 4. The SMILES string of the molecule is COC(=O)N(c1ccc(C(=O)OC(C)(C)C)cc1)c1ccc(C(=O)C(C)(C)C)cc1. The number of hydrogen-bond donors (Lipinski definition) is 0. The summed E-state index contributed by atoms with van der Waals surface area (Å²) in [6.07, 6.45) is -0.588. The molecule has 0 fully saturated rings. The number of anilines is 2. The number of hydrogen-bond acceptors (Lipinski definition) is 5. The van der Waals surface area contributed by atoms with Gasteiger partial charge in [-0.25, -0.2) is 14.5 Å². The van der Waals surface area contributed by atoms with Gasteiger partial charge in [0.1, 0.15) is 5.60 Å². The number of benzene rings is 2. The van der Waals surface area contributed by atoms with Crippen LogP contribution in [0.5, 0.6) is 0 Å². The van der Waals surface area contributed by atoms with Crippen LogP contribution in [0.1, 0.15) is 62.3 Å². The van der Waals surface area contributed by atoms with E-state index < -0.39 is 23.1 Å². The van der Waals surface area contributed by atoms with Crippen molar-refractivity contribution >= 4 is 29.2 Å². The quantitative estimate of drug-likeness (QED) is 0.471. The number of ketones is 1. The zero-order chi connectivity index (χ0) is 22.7. The van der Waals surface area contributed by atoms with Crippen LogP contribution in [-0.2, 0) is 9.47 Å². The zero-order valence-corrected chi connectivity index (χ0v) is 18.6. The Hall–Kier alpha value is -3.15. The summed E-state index contributed by atoms with van der Waals surface area (Å²) >= 11 is 0. The fourth-order valence-electron chi connectivity index (χ4n) is 2.73. The third kappa shape index (κ3) is 5.69. The summed E-state index contributed by atoms with van der Waals surface area (Å²) < 4.78 is 10.3. The number of carbonyl (C=O) groups is 3. The van der Waals surface area contributed by atoms with Gasteiger partial charge in [0.2, 0.25) is 0 Å². The van der Waals surface area contributed by atoms with Crippen molar-refractivity contribution in [2.45, 2.75) is 47.1 Å². The number of Topliss-reactive ketones (excluding diaryl/α,β-unsaturated/α-hetero) is 1. The standard InChI is InChI=1S/C24H29NO5/c1-23(2,3)20(26)16-8-12-18(13-9-16)25(22(28)29-7)19-14-10-17(11-15-19)21(27)30-24(4,5)6/h8-15H,1-7H3. The lowest BCUT2D eigenvalue weighted by molar-refractivity contribution is 0.00694. The highest BCUT2D eigenvalue weighted by Crippen LogP contribution is 2.29. The molecule has 1 amide bonds. The first-order chi connectivity index (χ1) is 13.8. The van der Waals surface area contributed by atoms with Crippen molar-refractivity contribution in [3.8, 4) is 0 Å². The van der Waals surface area contributed by atoms with Crippen molar-refractivity contribution < 1.29 is 23.9 Å². The van der Waals surface area contributed by atoms with E-state index in [9.17, 15) is 14.4 Å². The summed E-state index contributed by atoms with van der Waals surface area (Å²) in [6, 6.07) is 13.2. The van der Waals surface area contributed by atoms with Crippen LogP contribution in [0.2, 0.25) is 0 Å². The summed E-state index contributed by atoms with van der Waals surface area (Å²) in [5.41, 5.74) is 0.906. The van der Waals surface area contributed by atoms with E-state index in [1.165, 1.54) is 12.0 Å². The Bertz CT molecular complexity index is 916. The largest absolute Gasteiger partial charge is 0.456 e. The minimum Gasteiger partial charge on any atom is -0.456 e. The lowest BCUT2D eigenvalue weighted by atomic mass is 9.86. The van der Waals surface area contributed by atoms with Crippen LogP contribution >= 0.6 is 0 Å². The molecule has 0 aliphatic carbocycles. The highest BCUT2D eigenvalue weighted by molar-refractivity contribution is 6.01. The number of carbonyl (C=O) groups excluding carboxylic acids is 3. The third-order valence-electron chi connectivity index (χ3n) is 4.19. The first-order valence-electron chi connectivity index (χ1n) is 9.70. The molecule has 0 heterocycles. The summed E-state index contributed by atoms with van der Waals surface area (Å²) in [5, 5.41) is 0. The Morgan fingerprint density at radius 1 is 0.733 bits per heavy atom. The highest BCUT2D eigenvalue weighted by Gasteiger charge is 2.24. The summed E-state index contributed by atoms with van der Waals surface area (Å²) in [6.45, 7) is 11.0. The smallest absolute Gasteiger partial charge is 0.418 e. The first kappa shape index (κ1) is 23.1. The van der Waals surface area contributed by atoms with Crippen molar-refractivity contribution in [2.24, 2.45) is 5.41 Å². The number of nitrogens with zero attached hydrogens (tertiary/aromatic N) is 1. The summed E-state index contributed by atoms with van der Waals surface area (Å²) in [4.78, 5) is 38.5. The topological polar surface area (TPSA) is 72.9 Å². The number of ether oxygens (including phenoxy) is 2. The lowest BCUT2D eigenvalue weighted by Crippen LogP contribution is -2.26. The third-order valence-corrected chi connectivity index (χ3v) is 4.19. The van der Waals surface area contributed by atoms with E-state index in [0.717, 1.165) is 0 Å². The maximum Gasteiger partial charge on any atom is 0.418 e. The second kappa shape index (κ2) is 8.69. The predicted octanol–water partition coefficient (Wildman–Crippen LogP) is 5.78. The van der Waals surface area contributed by atoms with Gasteiger partial charge in [0, 0.05) is 11.0 Å². The molecular weight excluding hydrogens is 382 g/mol. The number of methoxy groups -OCH3 is 1. The van der Waals surface area contributed by atoms with Crippen molar-refractivity contribution in [1.82, 2.24) is 0 Å². The molecule has 0 aliphatic heterocycles. The molecular formula is C24H29NO5. The second-order valence-corrected chi connectivity index (χ2v) is 8.98. The Labute approximate surface area is 177 Å². The van der Waals surface area contributed by atoms with Crippen LogP contribution in [0, 0.1) is 5.41 Å². The van der Waals surface area contributed by atoms with Gasteiger partial charge in [-0.3, -0.25) is 4.79 Å². The Balaban J connectivity index is 2.34. The molecule has 0 saturated carbocycles. The van der Waals surface area contributed by atoms with Gasteiger partial charge in [-0.1, -0.05) is 20.8 Å². The van der Waals surface area contributed by atoms with Crippen molar-refractivity contribution in [1.29, 1.82) is 0 Å². The molecule has 2 aromatic rings. The minimum absolute atomic E-state index is 0.0142. The molecule has 0 spiro atoms. The normalized spacial score (nSPS) is 11.6. The van der Waals surface area contributed by atoms with Crippen LogP contribution in [0.15, 0.2) is 48.5 Å². The van der Waals surface area contributed by atoms with Gasteiger partial charge < -0.3 is 9.47 Å². The van der Waals surface area contributed by atoms with Gasteiger partial charge in [-0.2, -0.15) is 0 Å². The van der Waals surface area contributed by atoms with Gasteiger partial charge in [0.25, 0.3) is 0 Å². The van der Waals surface area contributed by atoms with E-state index in [1.54, 1.807) is 69.3 Å². The van der Waals surface area contributed by atoms with Crippen LogP contribution in [-0.4, -0.2) is 30.6 Å². The molecule has 6 nitrogen and oxygen atoms in total. The summed E-state index contributed by atoms with van der Waals surface area (Å²) in [5.74, 6) is -0.427. The lowest BCUT2D eigenvalue weighted by Gasteiger charge is -2.23. The molecule has 0 bridgehead atoms. The van der Waals surface area contributed by atoms with Crippen LogP contribution in [0.25, 0.3) is 0 Å². The predicted molar refractivity (Wildman–Crippen MR) is 116 cm³/mol. The molecule has 0 saturated heterocycles. The molecule has 0 aromatic heterocycles. The van der Waals surface area contributed by atoms with Gasteiger partial charge in [0.05, 0.1) is 24.0 Å². The molecule has 6 heteroatoms. The van der Waals surface area contributed by atoms with Crippen LogP contribution < -0.4 is 4.90 Å². The van der Waals surface area contributed by atoms with Gasteiger partial charge in [-0.15, -0.1) is 0 Å². The first-order valence-corrected chi connectivity index (χ1v) is 9.70. The molecule has 0 N–H and O–H groups in total. The van der Waals surface area contributed by atoms with E-state index in [-0.39, 0.29) is 5.78 Å². The molecule has 2 aromatic carbocycles. The fourth-order valence-corrected chi connectivity index (χ4v) is 2.73. The molecule has 30 heavy (non-hydrogen) atoms. The maximum atomic E-state index is 12.5. The zero-order valence-electron chi connectivity index (χ0n) is 18.6. The monoisotopic (exact) mass is 411 g/mol. The Morgan fingerprint density at radius 3 is 1.53 bits per heavy atom. The van der Waals surface area contributed by atoms with Crippen molar-refractivity contribution in [3.05, 3.63) is 59.7 Å². The average molecular weight is 411 g/mol. The van der Waals surface area contributed by atoms with Gasteiger partial charge >= 0.3 is 12.1 Å². The molecule has 0 aliphatic rings. The van der Waals surface area contributed by atoms with E-state index in [2.05, 4.69) is 0 Å². The van der Waals surface area contributed by atoms with E-state index in [4.69, 9.17) is 9.47 Å². The minimum atomic E-state index is -0.597. The highest BCUT2D eigenvalue weighted by atomic mass is 16.6. The molecule has 0 radical (unpaired) electrons. The maximum absolute atomic E-state index is 12.5. The van der Waals surface area contributed by atoms with Gasteiger partial charge in [0.15, 0.2) is 5.78 Å². The second-order valence-electron chi connectivity index (χ2n) is 8.98. The number of amides is 1. The van der Waals surface area contributed by atoms with E-state index in [1.807, 2.05) is 20.8 Å². The van der Waals surface area contributed by atoms with Crippen molar-refractivity contribution in [3.63, 3.8) is 0 Å². The molecule has 2 rings (SSSR count). The Kier molecular flexibility index (Phi) is 6.70.